The van der Waals surface area contributed by atoms with E-state index in [2.05, 4.69) is 15.3 Å². The molecule has 0 radical (unpaired) electrons. The van der Waals surface area contributed by atoms with Crippen molar-refractivity contribution in [3.8, 4) is 5.75 Å². The van der Waals surface area contributed by atoms with Crippen LogP contribution in [0.25, 0.3) is 0 Å². The number of H-pyrrole nitrogens is 1. The zero-order chi connectivity index (χ0) is 27.1. The van der Waals surface area contributed by atoms with Gasteiger partial charge in [-0.25, -0.2) is 9.78 Å². The molecule has 2 N–H and O–H groups in total. The van der Waals surface area contributed by atoms with Crippen molar-refractivity contribution in [2.24, 2.45) is 5.92 Å². The van der Waals surface area contributed by atoms with Crippen LogP contribution in [-0.4, -0.2) is 95.0 Å². The van der Waals surface area contributed by atoms with Gasteiger partial charge in [-0.2, -0.15) is 11.8 Å². The van der Waals surface area contributed by atoms with Crippen molar-refractivity contribution in [3.63, 3.8) is 0 Å². The van der Waals surface area contributed by atoms with E-state index in [4.69, 9.17) is 9.47 Å². The lowest BCUT2D eigenvalue weighted by Crippen LogP contribution is -2.51. The summed E-state index contributed by atoms with van der Waals surface area (Å²) in [4.78, 5) is 50.0. The van der Waals surface area contributed by atoms with Crippen LogP contribution in [0.4, 0.5) is 0 Å². The van der Waals surface area contributed by atoms with Crippen LogP contribution in [0.15, 0.2) is 36.8 Å². The second kappa shape index (κ2) is 12.7. The van der Waals surface area contributed by atoms with Gasteiger partial charge in [-0.05, 0) is 37.3 Å². The SMILES string of the molecule is COC(=O)C1(NC(=O)CN(Cc2ccccc2OC)CC2CCCN2C(=O)Cc2cnc[nH]2)CC1CSC. The molecule has 2 fully saturated rings. The fourth-order valence-corrected chi connectivity index (χ4v) is 6.22. The first-order valence-corrected chi connectivity index (χ1v) is 14.3. The Balaban J connectivity index is 1.48. The largest absolute Gasteiger partial charge is 0.496 e. The highest BCUT2D eigenvalue weighted by atomic mass is 32.2. The molecular weight excluding hydrogens is 506 g/mol. The highest BCUT2D eigenvalue weighted by Crippen LogP contribution is 2.46. The Kier molecular flexibility index (Phi) is 9.32. The number of likely N-dealkylation sites (tertiary alicyclic amines) is 1. The van der Waals surface area contributed by atoms with Gasteiger partial charge in [0.25, 0.3) is 0 Å². The number of carbonyl (C=O) groups is 3. The number of aromatic nitrogens is 2. The molecule has 3 atom stereocenters. The minimum Gasteiger partial charge on any atom is -0.496 e. The number of esters is 1. The molecule has 1 aliphatic heterocycles. The fourth-order valence-electron chi connectivity index (χ4n) is 5.42. The summed E-state index contributed by atoms with van der Waals surface area (Å²) in [7, 11) is 2.98. The standard InChI is InChI=1S/C27H37N5O5S/c1-36-23-9-5-4-7-19(23)14-31(16-24(33)30-27(26(35)37-2)12-20(27)17-38-3)15-22-8-6-10-32(22)25(34)11-21-13-28-18-29-21/h4-5,7,9,13,18,20,22H,6,8,10-12,14-17H2,1-3H3,(H,28,29)(H,30,33). The number of hydrogen-bond acceptors (Lipinski definition) is 8. The third-order valence-corrected chi connectivity index (χ3v) is 8.14. The van der Waals surface area contributed by atoms with Crippen molar-refractivity contribution in [2.45, 2.75) is 43.8 Å². The van der Waals surface area contributed by atoms with Crippen LogP contribution in [0.5, 0.6) is 5.75 Å². The van der Waals surface area contributed by atoms with E-state index >= 15 is 0 Å². The summed E-state index contributed by atoms with van der Waals surface area (Å²) in [5, 5.41) is 3.00. The lowest BCUT2D eigenvalue weighted by atomic mass is 10.1. The summed E-state index contributed by atoms with van der Waals surface area (Å²) in [5.41, 5.74) is 0.776. The molecule has 10 nitrogen and oxygen atoms in total. The van der Waals surface area contributed by atoms with Crippen LogP contribution in [0.3, 0.4) is 0 Å². The normalized spacial score (nSPS) is 22.4. The Morgan fingerprint density at radius 3 is 2.82 bits per heavy atom. The molecule has 2 aromatic rings. The predicted octanol–water partition coefficient (Wildman–Crippen LogP) is 1.86. The molecular formula is C27H37N5O5S. The fraction of sp³-hybridized carbons (Fsp3) is 0.556. The molecule has 0 bridgehead atoms. The van der Waals surface area contributed by atoms with Gasteiger partial charge in [0.2, 0.25) is 11.8 Å². The molecule has 2 aliphatic rings. The van der Waals surface area contributed by atoms with Gasteiger partial charge in [0, 0.05) is 49.0 Å². The van der Waals surface area contributed by atoms with Crippen LogP contribution < -0.4 is 10.1 Å². The number of methoxy groups -OCH3 is 2. The van der Waals surface area contributed by atoms with E-state index in [1.54, 1.807) is 31.4 Å². The number of amides is 2. The minimum atomic E-state index is -0.954. The van der Waals surface area contributed by atoms with E-state index < -0.39 is 11.5 Å². The first-order valence-electron chi connectivity index (χ1n) is 12.9. The Labute approximate surface area is 227 Å². The van der Waals surface area contributed by atoms with Crippen molar-refractivity contribution in [1.82, 2.24) is 25.1 Å². The quantitative estimate of drug-likeness (QED) is 0.368. The van der Waals surface area contributed by atoms with Gasteiger partial charge in [-0.15, -0.1) is 0 Å². The zero-order valence-corrected chi connectivity index (χ0v) is 23.1. The van der Waals surface area contributed by atoms with Crippen LogP contribution >= 0.6 is 11.8 Å². The number of benzene rings is 1. The molecule has 0 spiro atoms. The van der Waals surface area contributed by atoms with Crippen molar-refractivity contribution < 1.29 is 23.9 Å². The number of thioether (sulfide) groups is 1. The van der Waals surface area contributed by atoms with E-state index in [-0.39, 0.29) is 36.7 Å². The van der Waals surface area contributed by atoms with E-state index in [0.717, 1.165) is 35.6 Å². The number of carbonyl (C=O) groups excluding carboxylic acids is 3. The number of hydrogen-bond donors (Lipinski definition) is 2. The number of rotatable bonds is 13. The maximum atomic E-state index is 13.3. The summed E-state index contributed by atoms with van der Waals surface area (Å²) in [6, 6.07) is 7.70. The predicted molar refractivity (Wildman–Crippen MR) is 145 cm³/mol. The van der Waals surface area contributed by atoms with Gasteiger partial charge in [-0.1, -0.05) is 18.2 Å². The van der Waals surface area contributed by atoms with Crippen molar-refractivity contribution >= 4 is 29.5 Å². The molecule has 1 aliphatic carbocycles. The smallest absolute Gasteiger partial charge is 0.331 e. The second-order valence-electron chi connectivity index (χ2n) is 9.99. The van der Waals surface area contributed by atoms with E-state index in [0.29, 0.717) is 26.1 Å². The number of nitrogens with zero attached hydrogens (tertiary/aromatic N) is 3. The van der Waals surface area contributed by atoms with Crippen LogP contribution in [0.2, 0.25) is 0 Å². The summed E-state index contributed by atoms with van der Waals surface area (Å²) >= 11 is 1.65. The second-order valence-corrected chi connectivity index (χ2v) is 10.9. The molecule has 38 heavy (non-hydrogen) atoms. The third-order valence-electron chi connectivity index (χ3n) is 7.40. The highest BCUT2D eigenvalue weighted by Gasteiger charge is 2.61. The highest BCUT2D eigenvalue weighted by molar-refractivity contribution is 7.98. The number of aromatic amines is 1. The third kappa shape index (κ3) is 6.50. The maximum Gasteiger partial charge on any atom is 0.331 e. The first kappa shape index (κ1) is 28.0. The number of imidazole rings is 1. The molecule has 1 aromatic heterocycles. The summed E-state index contributed by atoms with van der Waals surface area (Å²) < 4.78 is 10.6. The van der Waals surface area contributed by atoms with E-state index in [1.807, 2.05) is 40.3 Å². The number of para-hydroxylation sites is 1. The van der Waals surface area contributed by atoms with Crippen molar-refractivity contribution in [1.29, 1.82) is 0 Å². The average molecular weight is 544 g/mol. The topological polar surface area (TPSA) is 117 Å². The summed E-state index contributed by atoms with van der Waals surface area (Å²) in [6.45, 7) is 1.77. The van der Waals surface area contributed by atoms with Gasteiger partial charge in [0.15, 0.2) is 0 Å². The van der Waals surface area contributed by atoms with Gasteiger partial charge in [-0.3, -0.25) is 14.5 Å². The Morgan fingerprint density at radius 2 is 2.11 bits per heavy atom. The van der Waals surface area contributed by atoms with Crippen molar-refractivity contribution in [3.05, 3.63) is 48.0 Å². The van der Waals surface area contributed by atoms with Gasteiger partial charge in [0.05, 0.1) is 33.5 Å². The average Bonchev–Trinajstić information content (AvgIpc) is 3.24. The summed E-state index contributed by atoms with van der Waals surface area (Å²) in [6.07, 6.45) is 7.84. The molecule has 1 aromatic carbocycles. The first-order chi connectivity index (χ1) is 18.4. The maximum absolute atomic E-state index is 13.3. The van der Waals surface area contributed by atoms with Gasteiger partial charge >= 0.3 is 5.97 Å². The molecule has 2 amide bonds. The molecule has 2 heterocycles. The van der Waals surface area contributed by atoms with E-state index in [9.17, 15) is 14.4 Å². The lowest BCUT2D eigenvalue weighted by molar-refractivity contribution is -0.147. The number of nitrogens with one attached hydrogen (secondary N) is 2. The Hall–Kier alpha value is -3.05. The lowest BCUT2D eigenvalue weighted by Gasteiger charge is -2.31. The van der Waals surface area contributed by atoms with Crippen LogP contribution in [0, 0.1) is 5.92 Å². The van der Waals surface area contributed by atoms with Gasteiger partial charge < -0.3 is 24.7 Å². The molecule has 11 heteroatoms. The monoisotopic (exact) mass is 543 g/mol. The molecule has 206 valence electrons. The molecule has 1 saturated heterocycles. The summed E-state index contributed by atoms with van der Waals surface area (Å²) in [5.74, 6) is 0.984. The molecule has 4 rings (SSSR count). The van der Waals surface area contributed by atoms with Crippen molar-refractivity contribution in [2.75, 3.05) is 45.9 Å². The minimum absolute atomic E-state index is 0.0207. The zero-order valence-electron chi connectivity index (χ0n) is 22.3. The Morgan fingerprint density at radius 1 is 1.29 bits per heavy atom. The number of ether oxygens (including phenoxy) is 2. The molecule has 3 unspecified atom stereocenters. The van der Waals surface area contributed by atoms with Crippen LogP contribution in [-0.2, 0) is 32.1 Å². The molecule has 1 saturated carbocycles. The Bertz CT molecular complexity index is 1110. The van der Waals surface area contributed by atoms with E-state index in [1.165, 1.54) is 7.11 Å². The van der Waals surface area contributed by atoms with Crippen LogP contribution in [0.1, 0.15) is 30.5 Å². The van der Waals surface area contributed by atoms with Gasteiger partial charge in [0.1, 0.15) is 11.3 Å².